The van der Waals surface area contributed by atoms with Crippen LogP contribution in [0.25, 0.3) is 51.9 Å². The van der Waals surface area contributed by atoms with Crippen molar-refractivity contribution in [3.8, 4) is 0 Å². The molecule has 0 N–H and O–H groups in total. The summed E-state index contributed by atoms with van der Waals surface area (Å²) in [5.74, 6) is 0. The van der Waals surface area contributed by atoms with E-state index < -0.39 is 0 Å². The molecule has 0 saturated heterocycles. The average Bonchev–Trinajstić information content (AvgIpc) is 3.41. The summed E-state index contributed by atoms with van der Waals surface area (Å²) in [7, 11) is 0. The van der Waals surface area contributed by atoms with E-state index in [4.69, 9.17) is 46.1 Å². The maximum Gasteiger partial charge on any atom is 2.00 e. The standard InChI is InChI=1S/2C10H8.5C8H6.C4H4.6W/c2*1-2-6-10-8-4-3-7-9(10)5-1;5*1-2-8-6-4-3-5-7-8;1-3-4-2;;;;;;/h2*1-8H;5*1-6H;1-4H;;;;;;/q;;6*-2;6*+2. The fourth-order valence-corrected chi connectivity index (χ4v) is 4.82. The molecule has 9 aromatic rings. The quantitative estimate of drug-likeness (QED) is 0.115. The zero-order valence-corrected chi connectivity index (χ0v) is 55.9. The summed E-state index contributed by atoms with van der Waals surface area (Å²) in [5.41, 5.74) is 4.69. The van der Waals surface area contributed by atoms with Crippen LogP contribution in [0.1, 0.15) is 27.8 Å². The van der Waals surface area contributed by atoms with E-state index in [1.54, 1.807) is 0 Å². The maximum atomic E-state index is 5.19. The third-order valence-corrected chi connectivity index (χ3v) is 7.99. The molecule has 0 heterocycles. The molecule has 0 atom stereocenters. The SMILES string of the molecule is [CH-]=CC=[CH-].[CH-]=Cc1[c-]cccc1.[CH-]=Cc1[c-]cccc1.[CH-]=Cc1[c-]cccc1.[CH-]=Cc1[c-]cccc1.[CH-]=Cc1[c-]cccc1.[W+2].[W+2].[W+2].[W+2].[W+2].[W+2].c1ccc2ccccc2c1.c1ccc2ccccc2c1. The Morgan fingerprint density at radius 3 is 0.443 bits per heavy atom. The van der Waals surface area contributed by atoms with Crippen molar-refractivity contribution in [3.05, 3.63) is 335 Å². The molecule has 0 bridgehead atoms. The fourth-order valence-electron chi connectivity index (χ4n) is 4.82. The van der Waals surface area contributed by atoms with Crippen LogP contribution in [0.3, 0.4) is 0 Å². The molecule has 0 spiro atoms. The molecule has 9 aromatic carbocycles. The smallest absolute Gasteiger partial charge is 0.394 e. The fraction of sp³-hybridized carbons (Fsp3) is 0. The summed E-state index contributed by atoms with van der Waals surface area (Å²) < 4.78 is 0. The minimum absolute atomic E-state index is 0. The van der Waals surface area contributed by atoms with Crippen molar-refractivity contribution in [1.29, 1.82) is 0 Å². The molecule has 0 unspecified atom stereocenters. The van der Waals surface area contributed by atoms with Crippen molar-refractivity contribution in [3.63, 3.8) is 0 Å². The Balaban J connectivity index is -0.000000229. The first-order valence-electron chi connectivity index (χ1n) is 20.1. The summed E-state index contributed by atoms with van der Waals surface area (Å²) in [4.78, 5) is 0. The second kappa shape index (κ2) is 52.6. The van der Waals surface area contributed by atoms with Crippen molar-refractivity contribution in [1.82, 2.24) is 0 Å². The Hall–Kier alpha value is -4.19. The minimum atomic E-state index is 0. The van der Waals surface area contributed by atoms with Gasteiger partial charge >= 0.3 is 126 Å². The van der Waals surface area contributed by atoms with Crippen molar-refractivity contribution in [2.45, 2.75) is 0 Å². The summed E-state index contributed by atoms with van der Waals surface area (Å²) in [6.45, 7) is 35.4. The van der Waals surface area contributed by atoms with E-state index in [0.717, 1.165) is 27.8 Å². The molecular formula is C64H50W6. The predicted octanol–water partition coefficient (Wildman–Crippen LogP) is 16.3. The molecular weight excluding hydrogens is 1870 g/mol. The van der Waals surface area contributed by atoms with Crippen LogP contribution >= 0.6 is 0 Å². The van der Waals surface area contributed by atoms with Crippen LogP contribution in [0.5, 0.6) is 0 Å². The first-order valence-corrected chi connectivity index (χ1v) is 20.1. The van der Waals surface area contributed by atoms with Gasteiger partial charge in [-0.25, -0.2) is 60.7 Å². The van der Waals surface area contributed by atoms with E-state index in [2.05, 4.69) is 127 Å². The number of allylic oxidation sites excluding steroid dienone is 2. The number of hydrogen-bond donors (Lipinski definition) is 0. The van der Waals surface area contributed by atoms with Gasteiger partial charge in [-0.1, -0.05) is 97.1 Å². The van der Waals surface area contributed by atoms with E-state index in [1.165, 1.54) is 64.1 Å². The zero-order chi connectivity index (χ0) is 46.1. The Kier molecular flexibility index (Phi) is 56.2. The number of hydrogen-bond acceptors (Lipinski definition) is 0. The second-order valence-corrected chi connectivity index (χ2v) is 12.5. The van der Waals surface area contributed by atoms with Gasteiger partial charge in [-0.05, 0) is 21.5 Å². The average molecular weight is 1920 g/mol. The topological polar surface area (TPSA) is 0 Å². The minimum Gasteiger partial charge on any atom is -0.394 e. The molecule has 342 valence electrons. The van der Waals surface area contributed by atoms with Crippen LogP contribution < -0.4 is 0 Å². The Labute approximate surface area is 507 Å². The molecule has 0 saturated carbocycles. The largest absolute Gasteiger partial charge is 2.00 e. The molecule has 6 heteroatoms. The normalized spacial score (nSPS) is 8.00. The van der Waals surface area contributed by atoms with Gasteiger partial charge in [0.15, 0.2) is 0 Å². The molecule has 0 aliphatic carbocycles. The van der Waals surface area contributed by atoms with Gasteiger partial charge in [0.1, 0.15) is 0 Å². The molecule has 0 radical (unpaired) electrons. The monoisotopic (exact) mass is 1920 g/mol. The predicted molar refractivity (Wildman–Crippen MR) is 276 cm³/mol. The Bertz CT molecular complexity index is 2150. The summed E-state index contributed by atoms with van der Waals surface area (Å²) in [5, 5.41) is 5.24. The summed E-state index contributed by atoms with van der Waals surface area (Å²) in [6, 6.07) is 86.0. The van der Waals surface area contributed by atoms with E-state index in [9.17, 15) is 0 Å². The molecule has 9 rings (SSSR count). The van der Waals surface area contributed by atoms with Crippen molar-refractivity contribution in [2.24, 2.45) is 0 Å². The molecule has 0 fully saturated rings. The maximum absolute atomic E-state index is 5.19. The molecule has 0 nitrogen and oxygen atoms in total. The van der Waals surface area contributed by atoms with E-state index >= 15 is 0 Å². The van der Waals surface area contributed by atoms with Gasteiger partial charge in [0, 0.05) is 0 Å². The van der Waals surface area contributed by atoms with E-state index in [0.29, 0.717) is 0 Å². The van der Waals surface area contributed by atoms with Gasteiger partial charge in [0.05, 0.1) is 0 Å². The van der Waals surface area contributed by atoms with Crippen LogP contribution in [0, 0.1) is 76.4 Å². The van der Waals surface area contributed by atoms with Crippen LogP contribution in [-0.2, 0) is 126 Å². The third kappa shape index (κ3) is 36.7. The molecule has 70 heavy (non-hydrogen) atoms. The number of fused-ring (bicyclic) bond motifs is 2. The first-order chi connectivity index (χ1) is 31.5. The number of benzene rings is 9. The molecule has 0 aromatic heterocycles. The zero-order valence-electron chi connectivity index (χ0n) is 38.3. The van der Waals surface area contributed by atoms with Crippen LogP contribution in [0.15, 0.2) is 231 Å². The van der Waals surface area contributed by atoms with Crippen molar-refractivity contribution in [2.75, 3.05) is 0 Å². The first kappa shape index (κ1) is 74.8. The Morgan fingerprint density at radius 1 is 0.214 bits per heavy atom. The summed E-state index contributed by atoms with van der Waals surface area (Å²) in [6.07, 6.45) is 10.2. The van der Waals surface area contributed by atoms with Gasteiger partial charge in [0.25, 0.3) is 0 Å². The third-order valence-electron chi connectivity index (χ3n) is 7.99. The van der Waals surface area contributed by atoms with Crippen LogP contribution in [0.4, 0.5) is 0 Å². The molecule has 0 aliphatic heterocycles. The van der Waals surface area contributed by atoms with E-state index in [1.807, 2.05) is 121 Å². The second-order valence-electron chi connectivity index (χ2n) is 12.5. The summed E-state index contributed by atoms with van der Waals surface area (Å²) >= 11 is 0. The van der Waals surface area contributed by atoms with E-state index in [-0.39, 0.29) is 126 Å². The van der Waals surface area contributed by atoms with Gasteiger partial charge in [-0.15, -0.1) is 30.3 Å². The number of rotatable bonds is 6. The van der Waals surface area contributed by atoms with Crippen molar-refractivity contribution < 1.29 is 126 Å². The van der Waals surface area contributed by atoms with Crippen LogP contribution in [0.2, 0.25) is 0 Å². The van der Waals surface area contributed by atoms with Gasteiger partial charge in [-0.3, -0.25) is 0 Å². The van der Waals surface area contributed by atoms with Gasteiger partial charge < -0.3 is 116 Å². The molecule has 0 amide bonds. The molecule has 0 aliphatic rings. The van der Waals surface area contributed by atoms with Gasteiger partial charge in [0.2, 0.25) is 0 Å². The van der Waals surface area contributed by atoms with Gasteiger partial charge in [-0.2, -0.15) is 60.7 Å². The Morgan fingerprint density at radius 2 is 0.357 bits per heavy atom. The van der Waals surface area contributed by atoms with Crippen molar-refractivity contribution >= 4 is 51.9 Å². The van der Waals surface area contributed by atoms with Crippen LogP contribution in [-0.4, -0.2) is 0 Å².